The highest BCUT2D eigenvalue weighted by atomic mass is 32.2. The van der Waals surface area contributed by atoms with Crippen molar-refractivity contribution in [2.24, 2.45) is 5.92 Å². The van der Waals surface area contributed by atoms with E-state index in [4.69, 9.17) is 4.74 Å². The van der Waals surface area contributed by atoms with Crippen molar-refractivity contribution >= 4 is 15.9 Å². The van der Waals surface area contributed by atoms with Crippen molar-refractivity contribution in [1.29, 1.82) is 0 Å². The molecular formula is C21H25FN2O4S. The van der Waals surface area contributed by atoms with Gasteiger partial charge in [-0.25, -0.2) is 12.8 Å². The summed E-state index contributed by atoms with van der Waals surface area (Å²) >= 11 is 0. The molecule has 156 valence electrons. The standard InChI is InChI=1S/C21H25FN2O4S/c1-15(19-5-3-4-6-20(19)28-2)23-21(25)16-11-13-24(14-12-16)29(26,27)18-9-7-17(22)8-10-18/h3-10,15-16H,11-14H2,1-2H3,(H,23,25). The van der Waals surface area contributed by atoms with Gasteiger partial charge in [0.2, 0.25) is 15.9 Å². The number of sulfonamides is 1. The van der Waals surface area contributed by atoms with Crippen LogP contribution in [0.15, 0.2) is 53.4 Å². The van der Waals surface area contributed by atoms with Crippen LogP contribution in [0.2, 0.25) is 0 Å². The summed E-state index contributed by atoms with van der Waals surface area (Å²) < 4.78 is 45.2. The second-order valence-corrected chi connectivity index (χ2v) is 9.04. The van der Waals surface area contributed by atoms with Crippen LogP contribution in [0, 0.1) is 11.7 Å². The Kier molecular flexibility index (Phi) is 6.54. The van der Waals surface area contributed by atoms with Gasteiger partial charge in [-0.3, -0.25) is 4.79 Å². The predicted octanol–water partition coefficient (Wildman–Crippen LogP) is 3.11. The molecule has 1 aliphatic heterocycles. The Bertz CT molecular complexity index is 955. The van der Waals surface area contributed by atoms with Gasteiger partial charge in [0.15, 0.2) is 0 Å². The molecule has 6 nitrogen and oxygen atoms in total. The number of halogens is 1. The molecule has 0 spiro atoms. The van der Waals surface area contributed by atoms with Crippen LogP contribution < -0.4 is 10.1 Å². The summed E-state index contributed by atoms with van der Waals surface area (Å²) in [5.74, 6) is -0.127. The van der Waals surface area contributed by atoms with E-state index < -0.39 is 15.8 Å². The highest BCUT2D eigenvalue weighted by Crippen LogP contribution is 2.27. The van der Waals surface area contributed by atoms with Crippen molar-refractivity contribution in [3.05, 3.63) is 59.9 Å². The summed E-state index contributed by atoms with van der Waals surface area (Å²) in [6, 6.07) is 12.1. The molecule has 0 radical (unpaired) electrons. The molecule has 1 fully saturated rings. The van der Waals surface area contributed by atoms with Gasteiger partial charge in [0, 0.05) is 24.6 Å². The number of rotatable bonds is 6. The third kappa shape index (κ3) is 4.76. The van der Waals surface area contributed by atoms with Gasteiger partial charge < -0.3 is 10.1 Å². The Hall–Kier alpha value is -2.45. The zero-order valence-electron chi connectivity index (χ0n) is 16.5. The number of nitrogens with one attached hydrogen (secondary N) is 1. The maximum atomic E-state index is 13.1. The smallest absolute Gasteiger partial charge is 0.243 e. The number of amides is 1. The molecule has 0 aromatic heterocycles. The minimum atomic E-state index is -3.68. The molecule has 29 heavy (non-hydrogen) atoms. The predicted molar refractivity (Wildman–Crippen MR) is 107 cm³/mol. The number of ether oxygens (including phenoxy) is 1. The topological polar surface area (TPSA) is 75.7 Å². The van der Waals surface area contributed by atoms with E-state index in [9.17, 15) is 17.6 Å². The van der Waals surface area contributed by atoms with Crippen LogP contribution in [-0.4, -0.2) is 38.8 Å². The number of hydrogen-bond donors (Lipinski definition) is 1. The average molecular weight is 421 g/mol. The van der Waals surface area contributed by atoms with E-state index >= 15 is 0 Å². The molecule has 8 heteroatoms. The normalized spacial score (nSPS) is 16.9. The lowest BCUT2D eigenvalue weighted by atomic mass is 9.96. The highest BCUT2D eigenvalue weighted by molar-refractivity contribution is 7.89. The van der Waals surface area contributed by atoms with Crippen molar-refractivity contribution in [2.45, 2.75) is 30.7 Å². The summed E-state index contributed by atoms with van der Waals surface area (Å²) in [6.07, 6.45) is 0.871. The summed E-state index contributed by atoms with van der Waals surface area (Å²) in [5.41, 5.74) is 0.889. The molecular weight excluding hydrogens is 395 g/mol. The van der Waals surface area contributed by atoms with Gasteiger partial charge in [0.1, 0.15) is 11.6 Å². The number of carbonyl (C=O) groups excluding carboxylic acids is 1. The molecule has 0 bridgehead atoms. The zero-order valence-corrected chi connectivity index (χ0v) is 17.3. The van der Waals surface area contributed by atoms with Crippen LogP contribution >= 0.6 is 0 Å². The van der Waals surface area contributed by atoms with Crippen LogP contribution in [0.5, 0.6) is 5.75 Å². The minimum absolute atomic E-state index is 0.0617. The quantitative estimate of drug-likeness (QED) is 0.779. The lowest BCUT2D eigenvalue weighted by molar-refractivity contribution is -0.126. The third-order valence-corrected chi connectivity index (χ3v) is 7.15. The van der Waals surface area contributed by atoms with Crippen molar-refractivity contribution in [3.8, 4) is 5.75 Å². The maximum absolute atomic E-state index is 13.1. The average Bonchev–Trinajstić information content (AvgIpc) is 2.74. The van der Waals surface area contributed by atoms with Crippen molar-refractivity contribution in [3.63, 3.8) is 0 Å². The first-order valence-corrected chi connectivity index (χ1v) is 11.0. The fraction of sp³-hybridized carbons (Fsp3) is 0.381. The van der Waals surface area contributed by atoms with Gasteiger partial charge in [-0.2, -0.15) is 4.31 Å². The summed E-state index contributed by atoms with van der Waals surface area (Å²) in [4.78, 5) is 12.7. The Morgan fingerprint density at radius 3 is 2.38 bits per heavy atom. The highest BCUT2D eigenvalue weighted by Gasteiger charge is 2.32. The number of carbonyl (C=O) groups is 1. The van der Waals surface area contributed by atoms with Crippen LogP contribution in [0.25, 0.3) is 0 Å². The van der Waals surface area contributed by atoms with Crippen LogP contribution in [-0.2, 0) is 14.8 Å². The van der Waals surface area contributed by atoms with Crippen LogP contribution in [0.1, 0.15) is 31.4 Å². The molecule has 1 saturated heterocycles. The number of nitrogens with zero attached hydrogens (tertiary/aromatic N) is 1. The number of para-hydroxylation sites is 1. The number of hydrogen-bond acceptors (Lipinski definition) is 4. The van der Waals surface area contributed by atoms with E-state index in [0.29, 0.717) is 18.6 Å². The first-order valence-electron chi connectivity index (χ1n) is 9.52. The Labute approximate surface area is 170 Å². The monoisotopic (exact) mass is 420 g/mol. The van der Waals surface area contributed by atoms with Gasteiger partial charge in [-0.1, -0.05) is 18.2 Å². The number of piperidine rings is 1. The Morgan fingerprint density at radius 2 is 1.76 bits per heavy atom. The fourth-order valence-corrected chi connectivity index (χ4v) is 5.02. The summed E-state index contributed by atoms with van der Waals surface area (Å²) in [7, 11) is -2.10. The first kappa shape index (κ1) is 21.3. The van der Waals surface area contributed by atoms with Crippen LogP contribution in [0.3, 0.4) is 0 Å². The summed E-state index contributed by atoms with van der Waals surface area (Å²) in [5, 5.41) is 3.00. The molecule has 0 aliphatic carbocycles. The van der Waals surface area contributed by atoms with E-state index in [1.165, 1.54) is 16.4 Å². The Morgan fingerprint density at radius 1 is 1.14 bits per heavy atom. The molecule has 1 unspecified atom stereocenters. The minimum Gasteiger partial charge on any atom is -0.496 e. The molecule has 1 aliphatic rings. The fourth-order valence-electron chi connectivity index (χ4n) is 3.55. The maximum Gasteiger partial charge on any atom is 0.243 e. The zero-order chi connectivity index (χ0) is 21.0. The second kappa shape index (κ2) is 8.92. The van der Waals surface area contributed by atoms with E-state index in [0.717, 1.165) is 17.7 Å². The molecule has 2 aromatic rings. The van der Waals surface area contributed by atoms with Gasteiger partial charge in [-0.15, -0.1) is 0 Å². The van der Waals surface area contributed by atoms with Gasteiger partial charge in [0.25, 0.3) is 0 Å². The van der Waals surface area contributed by atoms with E-state index in [1.54, 1.807) is 7.11 Å². The van der Waals surface area contributed by atoms with Gasteiger partial charge in [-0.05, 0) is 50.1 Å². The molecule has 2 aromatic carbocycles. The number of methoxy groups -OCH3 is 1. The molecule has 0 saturated carbocycles. The van der Waals surface area contributed by atoms with Crippen molar-refractivity contribution in [2.75, 3.05) is 20.2 Å². The van der Waals surface area contributed by atoms with Gasteiger partial charge in [0.05, 0.1) is 18.0 Å². The lowest BCUT2D eigenvalue weighted by Gasteiger charge is -2.31. The molecule has 1 N–H and O–H groups in total. The third-order valence-electron chi connectivity index (χ3n) is 5.24. The lowest BCUT2D eigenvalue weighted by Crippen LogP contribution is -2.43. The largest absolute Gasteiger partial charge is 0.496 e. The van der Waals surface area contributed by atoms with Crippen molar-refractivity contribution < 1.29 is 22.3 Å². The molecule has 1 heterocycles. The van der Waals surface area contributed by atoms with E-state index in [1.807, 2.05) is 31.2 Å². The molecule has 3 rings (SSSR count). The van der Waals surface area contributed by atoms with E-state index in [-0.39, 0.29) is 35.9 Å². The van der Waals surface area contributed by atoms with E-state index in [2.05, 4.69) is 5.32 Å². The first-order chi connectivity index (χ1) is 13.8. The summed E-state index contributed by atoms with van der Waals surface area (Å²) in [6.45, 7) is 2.39. The molecule has 1 atom stereocenters. The number of benzene rings is 2. The van der Waals surface area contributed by atoms with Crippen molar-refractivity contribution in [1.82, 2.24) is 9.62 Å². The molecule has 1 amide bonds. The van der Waals surface area contributed by atoms with Gasteiger partial charge >= 0.3 is 0 Å². The SMILES string of the molecule is COc1ccccc1C(C)NC(=O)C1CCN(S(=O)(=O)c2ccc(F)cc2)CC1. The van der Waals surface area contributed by atoms with Crippen LogP contribution in [0.4, 0.5) is 4.39 Å². The second-order valence-electron chi connectivity index (χ2n) is 7.10. The Balaban J connectivity index is 1.60.